The molecule has 0 amide bonds. The Morgan fingerprint density at radius 1 is 1.00 bits per heavy atom. The van der Waals surface area contributed by atoms with Gasteiger partial charge in [0.05, 0.1) is 12.7 Å². The van der Waals surface area contributed by atoms with Crippen molar-refractivity contribution >= 4 is 14.3 Å². The van der Waals surface area contributed by atoms with Crippen LogP contribution >= 0.6 is 0 Å². The molecule has 3 rings (SSSR count). The molecule has 242 valence electrons. The number of carbonyl (C=O) groups excluding carboxylic acids is 1. The first-order chi connectivity index (χ1) is 20.6. The van der Waals surface area contributed by atoms with E-state index < -0.39 is 13.9 Å². The molecule has 0 N–H and O–H groups in total. The fourth-order valence-electron chi connectivity index (χ4n) is 5.78. The smallest absolute Gasteiger partial charge is 0.332 e. The van der Waals surface area contributed by atoms with Crippen molar-refractivity contribution in [1.29, 1.82) is 0 Å². The van der Waals surface area contributed by atoms with Crippen LogP contribution in [0.5, 0.6) is 0 Å². The van der Waals surface area contributed by atoms with Crippen LogP contribution in [0.15, 0.2) is 66.3 Å². The van der Waals surface area contributed by atoms with E-state index >= 15 is 0 Å². The third kappa shape index (κ3) is 10.6. The van der Waals surface area contributed by atoms with Gasteiger partial charge in [0.1, 0.15) is 12.2 Å². The summed E-state index contributed by atoms with van der Waals surface area (Å²) in [4.78, 5) is 12.0. The molecule has 2 unspecified atom stereocenters. The first-order valence-electron chi connectivity index (χ1n) is 16.6. The molecule has 44 heavy (non-hydrogen) atoms. The van der Waals surface area contributed by atoms with Gasteiger partial charge in [0.2, 0.25) is 0 Å². The van der Waals surface area contributed by atoms with Crippen molar-refractivity contribution < 1.29 is 18.7 Å². The van der Waals surface area contributed by atoms with Crippen LogP contribution in [0.2, 0.25) is 18.1 Å². The Balaban J connectivity index is 1.75. The van der Waals surface area contributed by atoms with Crippen LogP contribution in [-0.4, -0.2) is 39.2 Å². The molecule has 2 fully saturated rings. The topological polar surface area (TPSA) is 44.8 Å². The summed E-state index contributed by atoms with van der Waals surface area (Å²) in [5, 5.41) is 0.135. The van der Waals surface area contributed by atoms with Gasteiger partial charge in [0, 0.05) is 22.8 Å². The zero-order valence-electron chi connectivity index (χ0n) is 29.1. The van der Waals surface area contributed by atoms with Gasteiger partial charge in [-0.2, -0.15) is 0 Å². The Kier molecular flexibility index (Phi) is 12.5. The highest BCUT2D eigenvalue weighted by atomic mass is 28.4. The van der Waals surface area contributed by atoms with E-state index in [2.05, 4.69) is 95.1 Å². The summed E-state index contributed by atoms with van der Waals surface area (Å²) in [6, 6.07) is 10.3. The normalized spacial score (nSPS) is 22.4. The highest BCUT2D eigenvalue weighted by Gasteiger charge is 2.48. The summed E-state index contributed by atoms with van der Waals surface area (Å²) in [7, 11) is -2.00. The van der Waals surface area contributed by atoms with Crippen molar-refractivity contribution in [2.24, 2.45) is 10.8 Å². The van der Waals surface area contributed by atoms with Gasteiger partial charge in [-0.1, -0.05) is 107 Å². The van der Waals surface area contributed by atoms with Crippen molar-refractivity contribution in [2.45, 2.75) is 130 Å². The van der Waals surface area contributed by atoms with Crippen LogP contribution < -0.4 is 0 Å². The van der Waals surface area contributed by atoms with Crippen molar-refractivity contribution in [3.8, 4) is 11.8 Å². The van der Waals surface area contributed by atoms with Crippen molar-refractivity contribution in [3.63, 3.8) is 0 Å². The maximum atomic E-state index is 12.0. The summed E-state index contributed by atoms with van der Waals surface area (Å²) < 4.78 is 18.2. The van der Waals surface area contributed by atoms with Crippen molar-refractivity contribution in [1.82, 2.24) is 0 Å². The van der Waals surface area contributed by atoms with Crippen LogP contribution in [0.1, 0.15) is 105 Å². The molecule has 2 atom stereocenters. The summed E-state index contributed by atoms with van der Waals surface area (Å²) in [5.74, 6) is 6.61. The molecular formula is C39H58O4Si. The lowest BCUT2D eigenvalue weighted by Gasteiger charge is -2.50. The number of rotatable bonds is 11. The number of esters is 1. The van der Waals surface area contributed by atoms with E-state index in [1.54, 1.807) is 0 Å². The molecule has 5 heteroatoms. The Hall–Kier alpha value is -2.39. The lowest BCUT2D eigenvalue weighted by Crippen LogP contribution is -2.50. The highest BCUT2D eigenvalue weighted by molar-refractivity contribution is 6.74. The standard InChI is InChI=1S/C39H58O4Si/c1-36(2,3)42-35(40)31-41-30-24-33-22-13-15-25-38(33,7)26-16-14-23-34(43-44(8,9)37(4,5)6)39(28-18-29-39)27-17-21-32-19-11-10-12-20-32/h10-12,14,16,19-20,23-24,26,34H,13,15,18,22,25,27-31H2,1-9H3/b23-14+,26-16+,33-24+. The minimum Gasteiger partial charge on any atom is -0.458 e. The minimum atomic E-state index is -2.00. The number of hydrogen-bond donors (Lipinski definition) is 0. The first kappa shape index (κ1) is 36.1. The van der Waals surface area contributed by atoms with E-state index in [0.717, 1.165) is 37.7 Å². The fourth-order valence-corrected chi connectivity index (χ4v) is 7.10. The van der Waals surface area contributed by atoms with Crippen LogP contribution in [0.25, 0.3) is 0 Å². The number of ether oxygens (including phenoxy) is 2. The number of benzene rings is 1. The molecule has 0 radical (unpaired) electrons. The molecule has 4 nitrogen and oxygen atoms in total. The molecule has 0 spiro atoms. The third-order valence-electron chi connectivity index (χ3n) is 9.70. The van der Waals surface area contributed by atoms with Crippen molar-refractivity contribution in [3.05, 3.63) is 71.8 Å². The predicted octanol–water partition coefficient (Wildman–Crippen LogP) is 9.97. The number of carbonyl (C=O) groups is 1. The second-order valence-electron chi connectivity index (χ2n) is 15.6. The fraction of sp³-hybridized carbons (Fsp3) is 0.615. The lowest BCUT2D eigenvalue weighted by atomic mass is 9.63. The van der Waals surface area contributed by atoms with E-state index in [1.165, 1.54) is 24.8 Å². The maximum absolute atomic E-state index is 12.0. The highest BCUT2D eigenvalue weighted by Crippen LogP contribution is 2.51. The Morgan fingerprint density at radius 2 is 1.70 bits per heavy atom. The van der Waals surface area contributed by atoms with Gasteiger partial charge in [0.25, 0.3) is 0 Å². The molecule has 0 aliphatic heterocycles. The van der Waals surface area contributed by atoms with Crippen LogP contribution in [-0.2, 0) is 18.7 Å². The molecule has 0 bridgehead atoms. The van der Waals surface area contributed by atoms with Crippen LogP contribution in [0.3, 0.4) is 0 Å². The number of hydrogen-bond acceptors (Lipinski definition) is 4. The summed E-state index contributed by atoms with van der Waals surface area (Å²) >= 11 is 0. The van der Waals surface area contributed by atoms with Gasteiger partial charge < -0.3 is 13.9 Å². The van der Waals surface area contributed by atoms with Crippen LogP contribution in [0.4, 0.5) is 0 Å². The minimum absolute atomic E-state index is 0.0244. The van der Waals surface area contributed by atoms with E-state index in [0.29, 0.717) is 6.61 Å². The largest absolute Gasteiger partial charge is 0.458 e. The zero-order valence-corrected chi connectivity index (χ0v) is 30.1. The van der Waals surface area contributed by atoms with Gasteiger partial charge >= 0.3 is 5.97 Å². The molecule has 0 saturated heterocycles. The van der Waals surface area contributed by atoms with Crippen LogP contribution in [0, 0.1) is 22.7 Å². The molecule has 2 aliphatic carbocycles. The second kappa shape index (κ2) is 15.3. The molecule has 2 saturated carbocycles. The second-order valence-corrected chi connectivity index (χ2v) is 20.3. The van der Waals surface area contributed by atoms with Crippen molar-refractivity contribution in [2.75, 3.05) is 13.2 Å². The van der Waals surface area contributed by atoms with Gasteiger partial charge in [0.15, 0.2) is 8.32 Å². The SMILES string of the molecule is CC(C)(C)OC(=O)COC/C=C1\CCCCC1(C)/C=C/C=C/C(O[Si](C)(C)C(C)(C)C)C1(CC#Cc2ccccc2)CCC1. The van der Waals surface area contributed by atoms with E-state index in [9.17, 15) is 4.79 Å². The lowest BCUT2D eigenvalue weighted by molar-refractivity contribution is -0.159. The van der Waals surface area contributed by atoms with Gasteiger partial charge in [-0.3, -0.25) is 0 Å². The maximum Gasteiger partial charge on any atom is 0.332 e. The van der Waals surface area contributed by atoms with E-state index in [-0.39, 0.29) is 34.5 Å². The summed E-state index contributed by atoms with van der Waals surface area (Å²) in [6.07, 6.45) is 20.3. The molecule has 0 aromatic heterocycles. The number of allylic oxidation sites excluding steroid dienone is 4. The van der Waals surface area contributed by atoms with E-state index in [4.69, 9.17) is 13.9 Å². The third-order valence-corrected chi connectivity index (χ3v) is 14.2. The predicted molar refractivity (Wildman–Crippen MR) is 186 cm³/mol. The molecule has 0 heterocycles. The Bertz CT molecular complexity index is 1230. The first-order valence-corrected chi connectivity index (χ1v) is 19.5. The van der Waals surface area contributed by atoms with E-state index in [1.807, 2.05) is 39.0 Å². The van der Waals surface area contributed by atoms with Gasteiger partial charge in [-0.25, -0.2) is 4.79 Å². The monoisotopic (exact) mass is 618 g/mol. The van der Waals surface area contributed by atoms with Gasteiger partial charge in [-0.05, 0) is 83.1 Å². The zero-order chi connectivity index (χ0) is 32.5. The summed E-state index contributed by atoms with van der Waals surface area (Å²) in [6.45, 7) is 20.0. The Morgan fingerprint density at radius 3 is 2.32 bits per heavy atom. The molecule has 2 aliphatic rings. The quantitative estimate of drug-likeness (QED) is 0.0618. The molecular weight excluding hydrogens is 561 g/mol. The average molecular weight is 619 g/mol. The average Bonchev–Trinajstić information content (AvgIpc) is 2.90. The summed E-state index contributed by atoms with van der Waals surface area (Å²) in [5.41, 5.74) is 2.00. The molecule has 1 aromatic rings. The Labute approximate surface area is 269 Å². The molecule has 1 aromatic carbocycles. The van der Waals surface area contributed by atoms with Gasteiger partial charge in [-0.15, -0.1) is 0 Å².